The zero-order valence-corrected chi connectivity index (χ0v) is 37.4. The molecule has 2 N–H and O–H groups in total. The van der Waals surface area contributed by atoms with E-state index in [-0.39, 0.29) is 19.4 Å². The molecule has 0 aromatic rings. The molecule has 8 nitrogen and oxygen atoms in total. The molecule has 0 saturated carbocycles. The van der Waals surface area contributed by atoms with Crippen LogP contribution < -0.4 is 0 Å². The number of carbonyl (C=O) groups is 2. The summed E-state index contributed by atoms with van der Waals surface area (Å²) in [6, 6.07) is 0. The van der Waals surface area contributed by atoms with Crippen molar-refractivity contribution in [3.63, 3.8) is 0 Å². The first kappa shape index (κ1) is 54.5. The lowest BCUT2D eigenvalue weighted by molar-refractivity contribution is -0.161. The van der Waals surface area contributed by atoms with Gasteiger partial charge in [-0.05, 0) is 44.9 Å². The highest BCUT2D eigenvalue weighted by atomic mass is 31.2. The van der Waals surface area contributed by atoms with Gasteiger partial charge in [-0.3, -0.25) is 14.1 Å². The molecule has 0 spiro atoms. The molecule has 0 heterocycles. The summed E-state index contributed by atoms with van der Waals surface area (Å²) in [5.74, 6) is -0.876. The topological polar surface area (TPSA) is 119 Å². The summed E-state index contributed by atoms with van der Waals surface area (Å²) in [6.45, 7) is 3.70. The van der Waals surface area contributed by atoms with Crippen molar-refractivity contribution < 1.29 is 37.9 Å². The highest BCUT2D eigenvalue weighted by Crippen LogP contribution is 2.36. The van der Waals surface area contributed by atoms with E-state index in [0.29, 0.717) is 6.42 Å². The molecule has 0 unspecified atom stereocenters. The molecule has 0 fully saturated rings. The molecular formula is C47H89O8P. The lowest BCUT2D eigenvalue weighted by atomic mass is 10.0. The Labute approximate surface area is 345 Å². The average molecular weight is 813 g/mol. The largest absolute Gasteiger partial charge is 0.469 e. The zero-order chi connectivity index (χ0) is 41.1. The standard InChI is InChI=1S/C47H89O8P/c1-3-5-7-9-11-13-15-17-19-21-23-25-27-29-31-33-35-37-39-41-46(48)53-43-45(44-54-56(50,51)52)55-47(49)42-40-38-36-34-32-30-28-26-24-22-20-18-16-14-12-10-8-6-4-2/h11,13,17,19,45H,3-10,12,14-16,18,20-44H2,1-2H3,(H2,50,51,52)/b13-11-,19-17-/t45-/m1/s1. The summed E-state index contributed by atoms with van der Waals surface area (Å²) >= 11 is 0. The van der Waals surface area contributed by atoms with Crippen LogP contribution in [-0.2, 0) is 28.2 Å². The molecule has 0 aliphatic carbocycles. The third kappa shape index (κ3) is 45.2. The lowest BCUT2D eigenvalue weighted by Gasteiger charge is -2.18. The molecular weight excluding hydrogens is 723 g/mol. The van der Waals surface area contributed by atoms with Crippen LogP contribution in [0.1, 0.15) is 245 Å². The van der Waals surface area contributed by atoms with Gasteiger partial charge >= 0.3 is 19.8 Å². The lowest BCUT2D eigenvalue weighted by Crippen LogP contribution is -2.29. The smallest absolute Gasteiger partial charge is 0.462 e. The highest BCUT2D eigenvalue weighted by Gasteiger charge is 2.23. The quantitative estimate of drug-likeness (QED) is 0.0270. The van der Waals surface area contributed by atoms with E-state index < -0.39 is 32.5 Å². The van der Waals surface area contributed by atoms with Crippen molar-refractivity contribution >= 4 is 19.8 Å². The normalized spacial score (nSPS) is 12.6. The van der Waals surface area contributed by atoms with Gasteiger partial charge in [0, 0.05) is 12.8 Å². The Kier molecular flexibility index (Phi) is 42.0. The minimum Gasteiger partial charge on any atom is -0.462 e. The van der Waals surface area contributed by atoms with Gasteiger partial charge in [-0.2, -0.15) is 0 Å². The van der Waals surface area contributed by atoms with Crippen molar-refractivity contribution in [1.29, 1.82) is 0 Å². The van der Waals surface area contributed by atoms with E-state index in [1.807, 2.05) is 0 Å². The van der Waals surface area contributed by atoms with E-state index in [2.05, 4.69) is 42.7 Å². The second-order valence-corrected chi connectivity index (χ2v) is 17.3. The van der Waals surface area contributed by atoms with E-state index in [9.17, 15) is 14.2 Å². The van der Waals surface area contributed by atoms with Crippen LogP contribution in [-0.4, -0.2) is 41.0 Å². The van der Waals surface area contributed by atoms with Gasteiger partial charge in [0.1, 0.15) is 6.61 Å². The Bertz CT molecular complexity index is 962. The Balaban J connectivity index is 3.83. The number of unbranched alkanes of at least 4 members (excludes halogenated alkanes) is 30. The molecule has 56 heavy (non-hydrogen) atoms. The summed E-state index contributed by atoms with van der Waals surface area (Å²) in [6.07, 6.45) is 50.4. The first-order valence-corrected chi connectivity index (χ1v) is 25.2. The highest BCUT2D eigenvalue weighted by molar-refractivity contribution is 7.46. The number of hydrogen-bond acceptors (Lipinski definition) is 6. The van der Waals surface area contributed by atoms with E-state index in [1.54, 1.807) is 0 Å². The predicted octanol–water partition coefficient (Wildman–Crippen LogP) is 14.7. The van der Waals surface area contributed by atoms with Gasteiger partial charge in [-0.1, -0.05) is 212 Å². The SMILES string of the molecule is CCCCC/C=C\C/C=C\CCCCCCCCCCCC(=O)OC[C@H](COP(=O)(O)O)OC(=O)CCCCCCCCCCCCCCCCCCCCC. The van der Waals surface area contributed by atoms with Crippen LogP contribution >= 0.6 is 7.82 Å². The monoisotopic (exact) mass is 813 g/mol. The fourth-order valence-electron chi connectivity index (χ4n) is 6.93. The third-order valence-corrected chi connectivity index (χ3v) is 11.0. The predicted molar refractivity (Wildman–Crippen MR) is 235 cm³/mol. The number of allylic oxidation sites excluding steroid dienone is 4. The number of hydrogen-bond donors (Lipinski definition) is 2. The fraction of sp³-hybridized carbons (Fsp3) is 0.872. The van der Waals surface area contributed by atoms with E-state index in [1.165, 1.54) is 161 Å². The van der Waals surface area contributed by atoms with Crippen LogP contribution in [0, 0.1) is 0 Å². The molecule has 0 aliphatic rings. The number of rotatable bonds is 44. The Morgan fingerprint density at radius 1 is 0.464 bits per heavy atom. The molecule has 0 radical (unpaired) electrons. The number of phosphoric acid groups is 1. The summed E-state index contributed by atoms with van der Waals surface area (Å²) in [4.78, 5) is 43.0. The molecule has 0 rings (SSSR count). The van der Waals surface area contributed by atoms with Crippen molar-refractivity contribution in [1.82, 2.24) is 0 Å². The van der Waals surface area contributed by atoms with Crippen LogP contribution in [0.4, 0.5) is 0 Å². The molecule has 0 amide bonds. The molecule has 0 aromatic heterocycles. The van der Waals surface area contributed by atoms with Crippen molar-refractivity contribution in [2.75, 3.05) is 13.2 Å². The Morgan fingerprint density at radius 3 is 1.21 bits per heavy atom. The average Bonchev–Trinajstić information content (AvgIpc) is 3.17. The number of esters is 2. The minimum absolute atomic E-state index is 0.216. The summed E-state index contributed by atoms with van der Waals surface area (Å²) in [7, 11) is -4.75. The number of ether oxygens (including phenoxy) is 2. The molecule has 9 heteroatoms. The van der Waals surface area contributed by atoms with Crippen LogP contribution in [0.2, 0.25) is 0 Å². The molecule has 0 saturated heterocycles. The van der Waals surface area contributed by atoms with E-state index >= 15 is 0 Å². The van der Waals surface area contributed by atoms with Crippen molar-refractivity contribution in [2.45, 2.75) is 251 Å². The third-order valence-electron chi connectivity index (χ3n) is 10.5. The van der Waals surface area contributed by atoms with Gasteiger partial charge < -0.3 is 19.3 Å². The number of carbonyl (C=O) groups excluding carboxylic acids is 2. The molecule has 1 atom stereocenters. The maximum absolute atomic E-state index is 12.4. The molecule has 0 bridgehead atoms. The van der Waals surface area contributed by atoms with E-state index in [4.69, 9.17) is 19.3 Å². The van der Waals surface area contributed by atoms with Gasteiger partial charge in [0.2, 0.25) is 0 Å². The minimum atomic E-state index is -4.75. The second kappa shape index (κ2) is 43.1. The van der Waals surface area contributed by atoms with Gasteiger partial charge in [-0.15, -0.1) is 0 Å². The van der Waals surface area contributed by atoms with Crippen LogP contribution in [0.15, 0.2) is 24.3 Å². The van der Waals surface area contributed by atoms with Crippen molar-refractivity contribution in [2.24, 2.45) is 0 Å². The molecule has 330 valence electrons. The van der Waals surface area contributed by atoms with Gasteiger partial charge in [0.15, 0.2) is 6.10 Å². The maximum Gasteiger partial charge on any atom is 0.469 e. The maximum atomic E-state index is 12.4. The van der Waals surface area contributed by atoms with Crippen LogP contribution in [0.5, 0.6) is 0 Å². The van der Waals surface area contributed by atoms with Crippen molar-refractivity contribution in [3.05, 3.63) is 24.3 Å². The van der Waals surface area contributed by atoms with E-state index in [0.717, 1.165) is 51.4 Å². The first-order chi connectivity index (χ1) is 27.3. The zero-order valence-electron chi connectivity index (χ0n) is 36.5. The van der Waals surface area contributed by atoms with Crippen molar-refractivity contribution in [3.8, 4) is 0 Å². The summed E-state index contributed by atoms with van der Waals surface area (Å²) < 4.78 is 26.5. The molecule has 0 aromatic carbocycles. The van der Waals surface area contributed by atoms with Gasteiger partial charge in [0.25, 0.3) is 0 Å². The Hall–Kier alpha value is -1.47. The van der Waals surface area contributed by atoms with Gasteiger partial charge in [0.05, 0.1) is 6.61 Å². The number of phosphoric ester groups is 1. The summed E-state index contributed by atoms with van der Waals surface area (Å²) in [5.41, 5.74) is 0. The Morgan fingerprint density at radius 2 is 0.804 bits per heavy atom. The van der Waals surface area contributed by atoms with Crippen LogP contribution in [0.25, 0.3) is 0 Å². The van der Waals surface area contributed by atoms with Gasteiger partial charge in [-0.25, -0.2) is 4.57 Å². The molecule has 0 aliphatic heterocycles. The second-order valence-electron chi connectivity index (χ2n) is 16.1. The fourth-order valence-corrected chi connectivity index (χ4v) is 7.30. The first-order valence-electron chi connectivity index (χ1n) is 23.6. The summed E-state index contributed by atoms with van der Waals surface area (Å²) in [5, 5.41) is 0. The van der Waals surface area contributed by atoms with Crippen LogP contribution in [0.3, 0.4) is 0 Å².